The second-order valence-corrected chi connectivity index (χ2v) is 8.55. The molecule has 1 unspecified atom stereocenters. The Hall–Kier alpha value is -2.67. The Morgan fingerprint density at radius 2 is 1.97 bits per heavy atom. The minimum atomic E-state index is 0.0295. The van der Waals surface area contributed by atoms with E-state index < -0.39 is 0 Å². The number of hydrogen-bond acceptors (Lipinski definition) is 4. The van der Waals surface area contributed by atoms with E-state index in [1.54, 1.807) is 4.68 Å². The average molecular weight is 408 g/mol. The van der Waals surface area contributed by atoms with Gasteiger partial charge in [-0.05, 0) is 38.7 Å². The zero-order valence-corrected chi connectivity index (χ0v) is 17.8. The third-order valence-electron chi connectivity index (χ3n) is 6.61. The van der Waals surface area contributed by atoms with Gasteiger partial charge in [-0.25, -0.2) is 4.98 Å². The van der Waals surface area contributed by atoms with Crippen molar-refractivity contribution >= 4 is 16.8 Å². The summed E-state index contributed by atoms with van der Waals surface area (Å²) < 4.78 is 9.74. The molecule has 0 aliphatic carbocycles. The number of rotatable bonds is 3. The summed E-state index contributed by atoms with van der Waals surface area (Å²) in [5, 5.41) is 5.48. The summed E-state index contributed by atoms with van der Waals surface area (Å²) in [4.78, 5) is 20.2. The number of ether oxygens (including phenoxy) is 1. The third kappa shape index (κ3) is 3.31. The van der Waals surface area contributed by atoms with Crippen LogP contribution in [0.3, 0.4) is 0 Å². The van der Waals surface area contributed by atoms with Crippen LogP contribution < -0.4 is 0 Å². The van der Waals surface area contributed by atoms with Crippen LogP contribution in [0.25, 0.3) is 10.9 Å². The van der Waals surface area contributed by atoms with Gasteiger partial charge < -0.3 is 14.2 Å². The number of likely N-dealkylation sites (tertiary alicyclic amines) is 1. The maximum Gasteiger partial charge on any atom is 0.275 e. The molecular formula is C23H29N5O2. The Bertz CT molecular complexity index is 1060. The van der Waals surface area contributed by atoms with Crippen LogP contribution in [0.1, 0.15) is 59.6 Å². The van der Waals surface area contributed by atoms with Crippen molar-refractivity contribution in [2.24, 2.45) is 7.05 Å². The number of piperidine rings is 1. The molecule has 0 bridgehead atoms. The highest BCUT2D eigenvalue weighted by molar-refractivity contribution is 6.04. The fraction of sp³-hybridized carbons (Fsp3) is 0.522. The van der Waals surface area contributed by atoms with E-state index in [-0.39, 0.29) is 11.9 Å². The highest BCUT2D eigenvalue weighted by Crippen LogP contribution is 2.32. The smallest absolute Gasteiger partial charge is 0.275 e. The maximum absolute atomic E-state index is 13.4. The molecule has 30 heavy (non-hydrogen) atoms. The van der Waals surface area contributed by atoms with E-state index in [9.17, 15) is 4.79 Å². The molecule has 158 valence electrons. The first kappa shape index (κ1) is 19.3. The lowest BCUT2D eigenvalue weighted by molar-refractivity contribution is 0.0662. The zero-order chi connectivity index (χ0) is 20.7. The van der Waals surface area contributed by atoms with E-state index in [1.165, 1.54) is 11.5 Å². The van der Waals surface area contributed by atoms with Crippen molar-refractivity contribution in [3.63, 3.8) is 0 Å². The van der Waals surface area contributed by atoms with Crippen molar-refractivity contribution < 1.29 is 9.53 Å². The maximum atomic E-state index is 13.4. The van der Waals surface area contributed by atoms with Gasteiger partial charge in [-0.15, -0.1) is 0 Å². The molecule has 1 amide bonds. The number of nitrogens with zero attached hydrogens (tertiary/aromatic N) is 5. The van der Waals surface area contributed by atoms with E-state index in [4.69, 9.17) is 9.72 Å². The molecule has 2 aliphatic heterocycles. The number of fused-ring (bicyclic) bond motifs is 1. The van der Waals surface area contributed by atoms with Crippen molar-refractivity contribution in [3.05, 3.63) is 47.7 Å². The van der Waals surface area contributed by atoms with Crippen LogP contribution in [0.5, 0.6) is 0 Å². The van der Waals surface area contributed by atoms with Gasteiger partial charge in [0.15, 0.2) is 5.69 Å². The minimum Gasteiger partial charge on any atom is -0.381 e. The first-order valence-electron chi connectivity index (χ1n) is 11.0. The number of carbonyl (C=O) groups excluding carboxylic acids is 1. The van der Waals surface area contributed by atoms with E-state index in [0.717, 1.165) is 56.3 Å². The summed E-state index contributed by atoms with van der Waals surface area (Å²) in [6.07, 6.45) is 6.08. The van der Waals surface area contributed by atoms with Gasteiger partial charge >= 0.3 is 0 Å². The highest BCUT2D eigenvalue weighted by Gasteiger charge is 2.31. The molecule has 2 saturated heterocycles. The lowest BCUT2D eigenvalue weighted by Gasteiger charge is -2.35. The normalized spacial score (nSPS) is 20.7. The van der Waals surface area contributed by atoms with E-state index in [1.807, 2.05) is 42.4 Å². The number of para-hydroxylation sites is 1. The summed E-state index contributed by atoms with van der Waals surface area (Å²) in [6, 6.07) is 8.20. The Labute approximate surface area is 176 Å². The Kier molecular flexibility index (Phi) is 5.06. The molecule has 7 nitrogen and oxygen atoms in total. The van der Waals surface area contributed by atoms with Gasteiger partial charge in [0.1, 0.15) is 5.82 Å². The predicted octanol–water partition coefficient (Wildman–Crippen LogP) is 3.45. The summed E-state index contributed by atoms with van der Waals surface area (Å²) in [5.41, 5.74) is 2.72. The van der Waals surface area contributed by atoms with Crippen LogP contribution in [-0.2, 0) is 11.8 Å². The largest absolute Gasteiger partial charge is 0.381 e. The lowest BCUT2D eigenvalue weighted by atomic mass is 9.97. The fourth-order valence-corrected chi connectivity index (χ4v) is 5.07. The topological polar surface area (TPSA) is 65.2 Å². The second-order valence-electron chi connectivity index (χ2n) is 8.55. The number of aryl methyl sites for hydroxylation is 2. The van der Waals surface area contributed by atoms with Crippen LogP contribution in [-0.4, -0.2) is 56.4 Å². The average Bonchev–Trinajstić information content (AvgIpc) is 3.34. The number of carbonyl (C=O) groups is 1. The summed E-state index contributed by atoms with van der Waals surface area (Å²) in [7, 11) is 1.90. The molecule has 5 rings (SSSR count). The molecule has 0 N–H and O–H groups in total. The Morgan fingerprint density at radius 3 is 2.80 bits per heavy atom. The van der Waals surface area contributed by atoms with Crippen molar-refractivity contribution in [2.45, 2.75) is 44.6 Å². The van der Waals surface area contributed by atoms with Gasteiger partial charge in [0.2, 0.25) is 0 Å². The number of hydrogen-bond donors (Lipinski definition) is 0. The van der Waals surface area contributed by atoms with Gasteiger partial charge in [-0.3, -0.25) is 9.48 Å². The molecule has 0 saturated carbocycles. The SMILES string of the molecule is Cc1cnc(C2CCOCC2)n1C1CCCN(C(=O)c2nn(C)c3ccccc23)C1. The van der Waals surface area contributed by atoms with Gasteiger partial charge in [0, 0.05) is 56.5 Å². The van der Waals surface area contributed by atoms with Crippen molar-refractivity contribution in [2.75, 3.05) is 26.3 Å². The second kappa shape index (κ2) is 7.87. The molecule has 2 fully saturated rings. The van der Waals surface area contributed by atoms with Crippen LogP contribution in [0.4, 0.5) is 0 Å². The first-order valence-corrected chi connectivity index (χ1v) is 11.0. The van der Waals surface area contributed by atoms with Gasteiger partial charge in [0.25, 0.3) is 5.91 Å². The molecule has 7 heteroatoms. The Balaban J connectivity index is 1.41. The van der Waals surface area contributed by atoms with Crippen LogP contribution >= 0.6 is 0 Å². The van der Waals surface area contributed by atoms with Crippen LogP contribution in [0.2, 0.25) is 0 Å². The van der Waals surface area contributed by atoms with Crippen LogP contribution in [0, 0.1) is 6.92 Å². The van der Waals surface area contributed by atoms with Crippen molar-refractivity contribution in [1.29, 1.82) is 0 Å². The summed E-state index contributed by atoms with van der Waals surface area (Å²) >= 11 is 0. The first-order chi connectivity index (χ1) is 14.6. The molecule has 3 aromatic rings. The van der Waals surface area contributed by atoms with Gasteiger partial charge in [-0.2, -0.15) is 5.10 Å². The molecule has 2 aromatic heterocycles. The molecule has 0 radical (unpaired) electrons. The fourth-order valence-electron chi connectivity index (χ4n) is 5.07. The predicted molar refractivity (Wildman–Crippen MR) is 115 cm³/mol. The lowest BCUT2D eigenvalue weighted by Crippen LogP contribution is -2.41. The number of benzene rings is 1. The summed E-state index contributed by atoms with van der Waals surface area (Å²) in [6.45, 7) is 5.22. The highest BCUT2D eigenvalue weighted by atomic mass is 16.5. The molecule has 0 spiro atoms. The molecule has 4 heterocycles. The zero-order valence-electron chi connectivity index (χ0n) is 17.8. The van der Waals surface area contributed by atoms with E-state index in [0.29, 0.717) is 18.2 Å². The molecular weight excluding hydrogens is 378 g/mol. The Morgan fingerprint density at radius 1 is 1.17 bits per heavy atom. The number of imidazole rings is 1. The summed E-state index contributed by atoms with van der Waals surface area (Å²) in [5.74, 6) is 1.64. The quantitative estimate of drug-likeness (QED) is 0.667. The van der Waals surface area contributed by atoms with Crippen molar-refractivity contribution in [1.82, 2.24) is 24.2 Å². The third-order valence-corrected chi connectivity index (χ3v) is 6.61. The molecule has 1 atom stereocenters. The molecule has 1 aromatic carbocycles. The van der Waals surface area contributed by atoms with Gasteiger partial charge in [0.05, 0.1) is 11.6 Å². The number of aromatic nitrogens is 4. The van der Waals surface area contributed by atoms with Gasteiger partial charge in [-0.1, -0.05) is 18.2 Å². The number of amides is 1. The standard InChI is InChI=1S/C23H29N5O2/c1-16-14-24-22(17-9-12-30-13-10-17)28(16)18-6-5-11-27(15-18)23(29)21-19-7-3-4-8-20(19)26(2)25-21/h3-4,7-8,14,17-18H,5-6,9-13,15H2,1-2H3. The minimum absolute atomic E-state index is 0.0295. The van der Waals surface area contributed by atoms with Crippen molar-refractivity contribution in [3.8, 4) is 0 Å². The monoisotopic (exact) mass is 407 g/mol. The van der Waals surface area contributed by atoms with Crippen LogP contribution in [0.15, 0.2) is 30.5 Å². The van der Waals surface area contributed by atoms with E-state index in [2.05, 4.69) is 16.6 Å². The molecule has 2 aliphatic rings. The van der Waals surface area contributed by atoms with E-state index >= 15 is 0 Å².